The first-order valence-corrected chi connectivity index (χ1v) is 6.79. The van der Waals surface area contributed by atoms with Crippen LogP contribution in [0.4, 0.5) is 5.82 Å². The highest BCUT2D eigenvalue weighted by molar-refractivity contribution is 5.63. The van der Waals surface area contributed by atoms with Gasteiger partial charge in [-0.05, 0) is 44.4 Å². The van der Waals surface area contributed by atoms with E-state index in [-0.39, 0.29) is 0 Å². The van der Waals surface area contributed by atoms with Gasteiger partial charge in [0, 0.05) is 19.3 Å². The zero-order valence-electron chi connectivity index (χ0n) is 12.1. The van der Waals surface area contributed by atoms with Crippen molar-refractivity contribution in [1.29, 1.82) is 0 Å². The Labute approximate surface area is 114 Å². The lowest BCUT2D eigenvalue weighted by atomic mass is 10.1. The van der Waals surface area contributed by atoms with Crippen molar-refractivity contribution < 1.29 is 0 Å². The highest BCUT2D eigenvalue weighted by Gasteiger charge is 2.14. The Hall–Kier alpha value is -1.91. The number of hydrogen-bond acceptors (Lipinski definition) is 4. The van der Waals surface area contributed by atoms with Gasteiger partial charge in [-0.1, -0.05) is 6.92 Å². The molecule has 102 valence electrons. The van der Waals surface area contributed by atoms with Gasteiger partial charge in [-0.15, -0.1) is 10.2 Å². The second-order valence-electron chi connectivity index (χ2n) is 4.62. The topological polar surface area (TPSA) is 55.6 Å². The molecular formula is C14H21N5. The maximum absolute atomic E-state index is 4.37. The van der Waals surface area contributed by atoms with Crippen LogP contribution < -0.4 is 5.32 Å². The Bertz CT molecular complexity index is 559. The summed E-state index contributed by atoms with van der Waals surface area (Å²) in [5, 5.41) is 16.2. The van der Waals surface area contributed by atoms with Crippen LogP contribution in [-0.4, -0.2) is 26.5 Å². The van der Waals surface area contributed by atoms with E-state index >= 15 is 0 Å². The van der Waals surface area contributed by atoms with Crippen LogP contribution in [0.5, 0.6) is 0 Å². The summed E-state index contributed by atoms with van der Waals surface area (Å²) >= 11 is 0. The van der Waals surface area contributed by atoms with Crippen molar-refractivity contribution in [3.8, 4) is 11.4 Å². The van der Waals surface area contributed by atoms with Gasteiger partial charge in [0.25, 0.3) is 0 Å². The minimum atomic E-state index is 0.849. The molecular weight excluding hydrogens is 238 g/mol. The van der Waals surface area contributed by atoms with Crippen molar-refractivity contribution in [3.05, 3.63) is 23.4 Å². The van der Waals surface area contributed by atoms with E-state index in [0.717, 1.165) is 47.8 Å². The molecule has 2 rings (SSSR count). The van der Waals surface area contributed by atoms with E-state index < -0.39 is 0 Å². The molecule has 0 aliphatic heterocycles. The number of nitrogens with zero attached hydrogens (tertiary/aromatic N) is 4. The summed E-state index contributed by atoms with van der Waals surface area (Å²) in [7, 11) is 0. The Morgan fingerprint density at radius 1 is 1.16 bits per heavy atom. The van der Waals surface area contributed by atoms with E-state index in [0.29, 0.717) is 0 Å². The number of anilines is 1. The number of nitrogens with one attached hydrogen (secondary N) is 1. The molecule has 0 bridgehead atoms. The summed E-state index contributed by atoms with van der Waals surface area (Å²) in [6.45, 7) is 10.1. The average molecular weight is 259 g/mol. The molecule has 0 radical (unpaired) electrons. The van der Waals surface area contributed by atoms with Crippen molar-refractivity contribution in [3.63, 3.8) is 0 Å². The minimum absolute atomic E-state index is 0.849. The molecule has 2 aromatic rings. The smallest absolute Gasteiger partial charge is 0.151 e. The predicted octanol–water partition coefficient (Wildman–Crippen LogP) is 2.80. The monoisotopic (exact) mass is 259 g/mol. The van der Waals surface area contributed by atoms with Gasteiger partial charge in [-0.25, -0.2) is 0 Å². The molecule has 0 spiro atoms. The van der Waals surface area contributed by atoms with Crippen molar-refractivity contribution in [2.45, 2.75) is 40.7 Å². The number of aromatic nitrogens is 4. The normalized spacial score (nSPS) is 10.7. The molecule has 1 N–H and O–H groups in total. The van der Waals surface area contributed by atoms with E-state index in [4.69, 9.17) is 0 Å². The lowest BCUT2D eigenvalue weighted by molar-refractivity contribution is 0.607. The zero-order chi connectivity index (χ0) is 13.8. The van der Waals surface area contributed by atoms with Crippen LogP contribution in [0, 0.1) is 13.8 Å². The first-order valence-electron chi connectivity index (χ1n) is 6.79. The molecule has 0 unspecified atom stereocenters. The summed E-state index contributed by atoms with van der Waals surface area (Å²) in [5.74, 6) is 0.866. The number of aryl methyl sites for hydroxylation is 1. The minimum Gasteiger partial charge on any atom is -0.369 e. The number of rotatable bonds is 5. The van der Waals surface area contributed by atoms with Crippen molar-refractivity contribution in [2.75, 3.05) is 11.9 Å². The molecule has 0 aliphatic carbocycles. The molecule has 19 heavy (non-hydrogen) atoms. The molecule has 5 nitrogen and oxygen atoms in total. The first kappa shape index (κ1) is 13.5. The molecule has 5 heteroatoms. The van der Waals surface area contributed by atoms with Gasteiger partial charge in [0.05, 0.1) is 5.69 Å². The van der Waals surface area contributed by atoms with Crippen molar-refractivity contribution >= 4 is 5.82 Å². The second kappa shape index (κ2) is 5.82. The quantitative estimate of drug-likeness (QED) is 0.897. The van der Waals surface area contributed by atoms with Gasteiger partial charge in [0.15, 0.2) is 5.82 Å². The van der Waals surface area contributed by atoms with E-state index in [1.165, 1.54) is 0 Å². The van der Waals surface area contributed by atoms with Gasteiger partial charge in [0.1, 0.15) is 5.69 Å². The van der Waals surface area contributed by atoms with E-state index in [1.54, 1.807) is 0 Å². The van der Waals surface area contributed by atoms with Gasteiger partial charge in [-0.3, -0.25) is 4.68 Å². The van der Waals surface area contributed by atoms with Crippen LogP contribution in [0.15, 0.2) is 12.3 Å². The standard InChI is InChI=1S/C14H21N5/c1-5-9-19-12(7-8-16-19)13-10(3)11(4)14(15-6-2)18-17-13/h7-8H,5-6,9H2,1-4H3,(H,15,18). The Morgan fingerprint density at radius 2 is 1.95 bits per heavy atom. The summed E-state index contributed by atoms with van der Waals surface area (Å²) in [6, 6.07) is 2.00. The molecule has 2 heterocycles. The van der Waals surface area contributed by atoms with Crippen molar-refractivity contribution in [1.82, 2.24) is 20.0 Å². The highest BCUT2D eigenvalue weighted by atomic mass is 15.3. The predicted molar refractivity (Wildman–Crippen MR) is 77.2 cm³/mol. The SMILES string of the molecule is CCCn1nccc1-c1nnc(NCC)c(C)c1C. The summed E-state index contributed by atoms with van der Waals surface area (Å²) < 4.78 is 1.99. The van der Waals surface area contributed by atoms with Gasteiger partial charge in [0.2, 0.25) is 0 Å². The first-order chi connectivity index (χ1) is 9.19. The molecule has 0 amide bonds. The maximum atomic E-state index is 4.37. The largest absolute Gasteiger partial charge is 0.369 e. The van der Waals surface area contributed by atoms with Gasteiger partial charge >= 0.3 is 0 Å². The van der Waals surface area contributed by atoms with Gasteiger partial charge in [-0.2, -0.15) is 5.10 Å². The second-order valence-corrected chi connectivity index (χ2v) is 4.62. The molecule has 0 fully saturated rings. The zero-order valence-corrected chi connectivity index (χ0v) is 12.1. The third-order valence-corrected chi connectivity index (χ3v) is 3.26. The van der Waals surface area contributed by atoms with Crippen LogP contribution in [0.25, 0.3) is 11.4 Å². The highest BCUT2D eigenvalue weighted by Crippen LogP contribution is 2.25. The lowest BCUT2D eigenvalue weighted by Gasteiger charge is -2.12. The van der Waals surface area contributed by atoms with E-state index in [9.17, 15) is 0 Å². The summed E-state index contributed by atoms with van der Waals surface area (Å²) in [5.41, 5.74) is 4.27. The van der Waals surface area contributed by atoms with Crippen LogP contribution in [0.2, 0.25) is 0 Å². The Morgan fingerprint density at radius 3 is 2.63 bits per heavy atom. The summed E-state index contributed by atoms with van der Waals surface area (Å²) in [4.78, 5) is 0. The fourth-order valence-electron chi connectivity index (χ4n) is 2.11. The van der Waals surface area contributed by atoms with Crippen LogP contribution in [0.1, 0.15) is 31.4 Å². The van der Waals surface area contributed by atoms with Crippen LogP contribution in [0.3, 0.4) is 0 Å². The van der Waals surface area contributed by atoms with Crippen molar-refractivity contribution in [2.24, 2.45) is 0 Å². The van der Waals surface area contributed by atoms with Crippen LogP contribution >= 0.6 is 0 Å². The molecule has 0 aromatic carbocycles. The molecule has 0 saturated carbocycles. The van der Waals surface area contributed by atoms with Gasteiger partial charge < -0.3 is 5.32 Å². The van der Waals surface area contributed by atoms with E-state index in [1.807, 2.05) is 16.9 Å². The molecule has 2 aromatic heterocycles. The maximum Gasteiger partial charge on any atom is 0.151 e. The third kappa shape index (κ3) is 2.59. The molecule has 0 atom stereocenters. The third-order valence-electron chi connectivity index (χ3n) is 3.26. The molecule has 0 aliphatic rings. The summed E-state index contributed by atoms with van der Waals surface area (Å²) in [6.07, 6.45) is 2.87. The van der Waals surface area contributed by atoms with E-state index in [2.05, 4.69) is 48.3 Å². The Balaban J connectivity index is 2.45. The lowest BCUT2D eigenvalue weighted by Crippen LogP contribution is -2.08. The molecule has 0 saturated heterocycles. The Kier molecular flexibility index (Phi) is 4.14. The number of hydrogen-bond donors (Lipinski definition) is 1. The fraction of sp³-hybridized carbons (Fsp3) is 0.500. The van der Waals surface area contributed by atoms with Crippen LogP contribution in [-0.2, 0) is 6.54 Å². The fourth-order valence-corrected chi connectivity index (χ4v) is 2.11. The average Bonchev–Trinajstić information content (AvgIpc) is 2.84.